The van der Waals surface area contributed by atoms with Gasteiger partial charge < -0.3 is 16.0 Å². The van der Waals surface area contributed by atoms with Crippen LogP contribution >= 0.6 is 0 Å². The van der Waals surface area contributed by atoms with E-state index in [4.69, 9.17) is 5.73 Å². The van der Waals surface area contributed by atoms with Crippen molar-refractivity contribution in [1.82, 2.24) is 4.90 Å². The van der Waals surface area contributed by atoms with Crippen molar-refractivity contribution in [3.05, 3.63) is 29.8 Å². The lowest BCUT2D eigenvalue weighted by Crippen LogP contribution is -2.36. The first-order chi connectivity index (χ1) is 9.54. The summed E-state index contributed by atoms with van der Waals surface area (Å²) in [5.74, 6) is -0.635. The minimum Gasteiger partial charge on any atom is -0.327 e. The number of fused-ring (bicyclic) bond motifs is 1. The average molecular weight is 281 g/mol. The molecule has 3 unspecified atom stereocenters. The molecule has 2 fully saturated rings. The molecule has 0 bridgehead atoms. The van der Waals surface area contributed by atoms with Gasteiger partial charge in [0.05, 0.1) is 5.69 Å². The predicted octanol–water partition coefficient (Wildman–Crippen LogP) is 2.17. The van der Waals surface area contributed by atoms with E-state index >= 15 is 0 Å². The fraction of sp³-hybridized carbons (Fsp3) is 0.500. The summed E-state index contributed by atoms with van der Waals surface area (Å²) in [5, 5.41) is 2.49. The molecule has 1 saturated heterocycles. The van der Waals surface area contributed by atoms with Gasteiger partial charge in [-0.25, -0.2) is 13.6 Å². The van der Waals surface area contributed by atoms with Gasteiger partial charge in [0, 0.05) is 25.2 Å². The van der Waals surface area contributed by atoms with E-state index in [0.717, 1.165) is 25.0 Å². The van der Waals surface area contributed by atoms with Gasteiger partial charge in [0.2, 0.25) is 0 Å². The van der Waals surface area contributed by atoms with E-state index in [1.165, 1.54) is 6.07 Å². The topological polar surface area (TPSA) is 58.4 Å². The Hall–Kier alpha value is -1.69. The highest BCUT2D eigenvalue weighted by atomic mass is 19.1. The van der Waals surface area contributed by atoms with Crippen molar-refractivity contribution in [2.75, 3.05) is 18.4 Å². The molecule has 2 amide bonds. The molecule has 3 N–H and O–H groups in total. The molecule has 0 spiro atoms. The second-order valence-electron chi connectivity index (χ2n) is 5.62. The Bertz CT molecular complexity index is 537. The smallest absolute Gasteiger partial charge is 0.321 e. The van der Waals surface area contributed by atoms with E-state index in [1.807, 2.05) is 0 Å². The maximum Gasteiger partial charge on any atom is 0.321 e. The van der Waals surface area contributed by atoms with Crippen molar-refractivity contribution in [2.24, 2.45) is 17.6 Å². The number of anilines is 1. The number of rotatable bonds is 1. The molecule has 1 heterocycles. The fourth-order valence-electron chi connectivity index (χ4n) is 3.26. The number of nitrogens with two attached hydrogens (primary N) is 1. The van der Waals surface area contributed by atoms with E-state index in [0.29, 0.717) is 24.9 Å². The number of carbonyl (C=O) groups excluding carboxylic acids is 1. The Morgan fingerprint density at radius 3 is 2.80 bits per heavy atom. The van der Waals surface area contributed by atoms with Gasteiger partial charge in [-0.2, -0.15) is 0 Å². The number of benzene rings is 1. The summed E-state index contributed by atoms with van der Waals surface area (Å²) in [5.41, 5.74) is 6.01. The molecule has 1 aromatic carbocycles. The highest BCUT2D eigenvalue weighted by Crippen LogP contribution is 2.37. The maximum atomic E-state index is 13.5. The van der Waals surface area contributed by atoms with Crippen molar-refractivity contribution in [1.29, 1.82) is 0 Å². The van der Waals surface area contributed by atoms with Crippen LogP contribution in [0, 0.1) is 23.5 Å². The fourth-order valence-corrected chi connectivity index (χ4v) is 3.26. The molecule has 20 heavy (non-hydrogen) atoms. The van der Waals surface area contributed by atoms with Gasteiger partial charge in [0.1, 0.15) is 11.6 Å². The van der Waals surface area contributed by atoms with Crippen LogP contribution < -0.4 is 11.1 Å². The van der Waals surface area contributed by atoms with Crippen LogP contribution in [0.4, 0.5) is 19.3 Å². The van der Waals surface area contributed by atoms with Gasteiger partial charge in [0.15, 0.2) is 0 Å². The van der Waals surface area contributed by atoms with Gasteiger partial charge in [-0.05, 0) is 36.8 Å². The molecule has 108 valence electrons. The number of likely N-dealkylation sites (tertiary alicyclic amines) is 1. The molecule has 1 aliphatic carbocycles. The summed E-state index contributed by atoms with van der Waals surface area (Å²) < 4.78 is 26.3. The number of nitrogens with one attached hydrogen (secondary N) is 1. The zero-order valence-electron chi connectivity index (χ0n) is 11.0. The Morgan fingerprint density at radius 1 is 1.30 bits per heavy atom. The predicted molar refractivity (Wildman–Crippen MR) is 71.1 cm³/mol. The number of nitrogens with zero attached hydrogens (tertiary/aromatic N) is 1. The molecule has 0 radical (unpaired) electrons. The van der Waals surface area contributed by atoms with Gasteiger partial charge in [-0.3, -0.25) is 0 Å². The van der Waals surface area contributed by atoms with Gasteiger partial charge >= 0.3 is 6.03 Å². The molecule has 0 aromatic heterocycles. The molecule has 3 atom stereocenters. The zero-order valence-corrected chi connectivity index (χ0v) is 11.0. The lowest BCUT2D eigenvalue weighted by molar-refractivity contribution is 0.218. The quantitative estimate of drug-likeness (QED) is 0.828. The van der Waals surface area contributed by atoms with Crippen LogP contribution in [-0.4, -0.2) is 30.1 Å². The van der Waals surface area contributed by atoms with E-state index in [-0.39, 0.29) is 17.8 Å². The van der Waals surface area contributed by atoms with Crippen LogP contribution in [0.15, 0.2) is 18.2 Å². The highest BCUT2D eigenvalue weighted by molar-refractivity contribution is 5.89. The first kappa shape index (κ1) is 13.3. The third-order valence-electron chi connectivity index (χ3n) is 4.37. The van der Waals surface area contributed by atoms with Gasteiger partial charge in [-0.15, -0.1) is 0 Å². The standard InChI is InChI=1S/C14H17F2N3O/c15-9-2-4-13(11(16)5-9)18-14(20)19-6-8-1-3-12(17)10(8)7-19/h2,4-5,8,10,12H,1,3,6-7,17H2,(H,18,20). The minimum atomic E-state index is -0.769. The summed E-state index contributed by atoms with van der Waals surface area (Å²) in [6.07, 6.45) is 2.05. The Kier molecular flexibility index (Phi) is 3.33. The molecular weight excluding hydrogens is 264 g/mol. The Balaban J connectivity index is 1.66. The van der Waals surface area contributed by atoms with E-state index in [2.05, 4.69) is 5.32 Å². The van der Waals surface area contributed by atoms with Crippen molar-refractivity contribution in [3.63, 3.8) is 0 Å². The number of hydrogen-bond acceptors (Lipinski definition) is 2. The lowest BCUT2D eigenvalue weighted by atomic mass is 9.98. The lowest BCUT2D eigenvalue weighted by Gasteiger charge is -2.19. The molecule has 1 aliphatic heterocycles. The summed E-state index contributed by atoms with van der Waals surface area (Å²) in [4.78, 5) is 13.8. The van der Waals surface area contributed by atoms with Gasteiger partial charge in [0.25, 0.3) is 0 Å². The number of hydrogen-bond donors (Lipinski definition) is 2. The SMILES string of the molecule is NC1CCC2CN(C(=O)Nc3ccc(F)cc3F)CC12. The van der Waals surface area contributed by atoms with Crippen LogP contribution in [-0.2, 0) is 0 Å². The first-order valence-electron chi connectivity index (χ1n) is 6.81. The molecule has 1 aromatic rings. The third kappa shape index (κ3) is 2.35. The molecule has 3 rings (SSSR count). The van der Waals surface area contributed by atoms with Crippen molar-refractivity contribution in [2.45, 2.75) is 18.9 Å². The van der Waals surface area contributed by atoms with E-state index < -0.39 is 11.6 Å². The number of carbonyl (C=O) groups is 1. The largest absolute Gasteiger partial charge is 0.327 e. The summed E-state index contributed by atoms with van der Waals surface area (Å²) in [7, 11) is 0. The van der Waals surface area contributed by atoms with Crippen LogP contribution in [0.5, 0.6) is 0 Å². The van der Waals surface area contributed by atoms with Crippen molar-refractivity contribution in [3.8, 4) is 0 Å². The summed E-state index contributed by atoms with van der Waals surface area (Å²) in [6, 6.07) is 2.90. The van der Waals surface area contributed by atoms with Crippen molar-refractivity contribution >= 4 is 11.7 Å². The van der Waals surface area contributed by atoms with E-state index in [9.17, 15) is 13.6 Å². The van der Waals surface area contributed by atoms with E-state index in [1.54, 1.807) is 4.90 Å². The number of halogens is 2. The molecule has 4 nitrogen and oxygen atoms in total. The van der Waals surface area contributed by atoms with Crippen LogP contribution in [0.3, 0.4) is 0 Å². The average Bonchev–Trinajstić information content (AvgIpc) is 2.96. The zero-order chi connectivity index (χ0) is 14.3. The third-order valence-corrected chi connectivity index (χ3v) is 4.37. The molecule has 2 aliphatic rings. The van der Waals surface area contributed by atoms with Crippen LogP contribution in [0.2, 0.25) is 0 Å². The van der Waals surface area contributed by atoms with Gasteiger partial charge in [-0.1, -0.05) is 0 Å². The molecule has 6 heteroatoms. The molecular formula is C14H17F2N3O. The molecule has 1 saturated carbocycles. The Labute approximate surface area is 115 Å². The van der Waals surface area contributed by atoms with Crippen LogP contribution in [0.25, 0.3) is 0 Å². The summed E-state index contributed by atoms with van der Waals surface area (Å²) in [6.45, 7) is 1.27. The second kappa shape index (κ2) is 5.01. The number of amides is 2. The minimum absolute atomic E-state index is 0.00208. The normalized spacial score (nSPS) is 28.6. The highest BCUT2D eigenvalue weighted by Gasteiger charge is 2.42. The Morgan fingerprint density at radius 2 is 2.10 bits per heavy atom. The summed E-state index contributed by atoms with van der Waals surface area (Å²) >= 11 is 0. The van der Waals surface area contributed by atoms with Crippen molar-refractivity contribution < 1.29 is 13.6 Å². The second-order valence-corrected chi connectivity index (χ2v) is 5.62. The maximum absolute atomic E-state index is 13.5. The first-order valence-corrected chi connectivity index (χ1v) is 6.81. The van der Waals surface area contributed by atoms with Crippen LogP contribution in [0.1, 0.15) is 12.8 Å². The monoisotopic (exact) mass is 281 g/mol. The number of urea groups is 1.